The fourth-order valence-corrected chi connectivity index (χ4v) is 3.94. The van der Waals surface area contributed by atoms with E-state index in [1.165, 1.54) is 17.6 Å². The zero-order valence-electron chi connectivity index (χ0n) is 15.8. The number of nitrogens with one attached hydrogen (secondary N) is 2. The predicted octanol–water partition coefficient (Wildman–Crippen LogP) is 2.69. The molecule has 0 radical (unpaired) electrons. The summed E-state index contributed by atoms with van der Waals surface area (Å²) in [5, 5.41) is 8.46. The van der Waals surface area contributed by atoms with Crippen LogP contribution in [-0.2, 0) is 11.2 Å². The number of likely N-dealkylation sites (tertiary alicyclic amines) is 1. The predicted molar refractivity (Wildman–Crippen MR) is 105 cm³/mol. The number of carbonyl (C=O) groups is 2. The van der Waals surface area contributed by atoms with Crippen molar-refractivity contribution < 1.29 is 14.0 Å². The van der Waals surface area contributed by atoms with E-state index in [4.69, 9.17) is 4.42 Å². The number of thiazole rings is 1. The monoisotopic (exact) mass is 390 g/mol. The largest absolute Gasteiger partial charge is 0.469 e. The van der Waals surface area contributed by atoms with E-state index in [0.717, 1.165) is 39.0 Å². The minimum Gasteiger partial charge on any atom is -0.469 e. The molecule has 146 valence electrons. The molecule has 1 fully saturated rings. The van der Waals surface area contributed by atoms with Gasteiger partial charge in [-0.15, -0.1) is 11.3 Å². The summed E-state index contributed by atoms with van der Waals surface area (Å²) >= 11 is 1.33. The third-order valence-electron chi connectivity index (χ3n) is 4.86. The van der Waals surface area contributed by atoms with Crippen molar-refractivity contribution in [3.05, 3.63) is 34.7 Å². The molecule has 0 unspecified atom stereocenters. The first-order chi connectivity index (χ1) is 13.1. The smallest absolute Gasteiger partial charge is 0.260 e. The summed E-state index contributed by atoms with van der Waals surface area (Å²) in [5.74, 6) is 1.07. The summed E-state index contributed by atoms with van der Waals surface area (Å²) in [7, 11) is 0. The molecule has 0 aromatic carbocycles. The van der Waals surface area contributed by atoms with E-state index in [-0.39, 0.29) is 18.2 Å². The average molecular weight is 391 g/mol. The Morgan fingerprint density at radius 2 is 2.15 bits per heavy atom. The van der Waals surface area contributed by atoms with Crippen LogP contribution in [0, 0.1) is 12.8 Å². The molecule has 2 aromatic rings. The van der Waals surface area contributed by atoms with Gasteiger partial charge in [0.1, 0.15) is 5.76 Å². The molecule has 2 amide bonds. The topological polar surface area (TPSA) is 87.5 Å². The summed E-state index contributed by atoms with van der Waals surface area (Å²) < 4.78 is 5.15. The first-order valence-electron chi connectivity index (χ1n) is 9.35. The highest BCUT2D eigenvalue weighted by Crippen LogP contribution is 2.20. The minimum atomic E-state index is -0.253. The van der Waals surface area contributed by atoms with Gasteiger partial charge in [0.2, 0.25) is 5.91 Å². The van der Waals surface area contributed by atoms with Crippen LogP contribution in [0.25, 0.3) is 0 Å². The maximum absolute atomic E-state index is 12.5. The zero-order chi connectivity index (χ0) is 19.2. The highest BCUT2D eigenvalue weighted by molar-refractivity contribution is 7.14. The van der Waals surface area contributed by atoms with Crippen LogP contribution >= 0.6 is 11.3 Å². The van der Waals surface area contributed by atoms with E-state index in [9.17, 15) is 9.59 Å². The molecule has 1 aliphatic heterocycles. The van der Waals surface area contributed by atoms with Crippen LogP contribution in [0.4, 0.5) is 5.13 Å². The van der Waals surface area contributed by atoms with Crippen LogP contribution in [0.2, 0.25) is 0 Å². The molecule has 1 aliphatic rings. The van der Waals surface area contributed by atoms with E-state index >= 15 is 0 Å². The van der Waals surface area contributed by atoms with Crippen LogP contribution in [0.15, 0.2) is 22.1 Å². The van der Waals surface area contributed by atoms with E-state index in [1.807, 2.05) is 10.3 Å². The molecular formula is C19H26N4O3S. The second-order valence-electron chi connectivity index (χ2n) is 6.80. The van der Waals surface area contributed by atoms with Gasteiger partial charge in [-0.25, -0.2) is 4.98 Å². The Kier molecular flexibility index (Phi) is 6.63. The lowest BCUT2D eigenvalue weighted by Gasteiger charge is -2.32. The summed E-state index contributed by atoms with van der Waals surface area (Å²) in [6, 6.07) is 1.63. The van der Waals surface area contributed by atoms with Gasteiger partial charge in [-0.3, -0.25) is 14.9 Å². The molecule has 0 saturated carbocycles. The summed E-state index contributed by atoms with van der Waals surface area (Å²) in [5.41, 5.74) is 1.18. The molecule has 7 nitrogen and oxygen atoms in total. The van der Waals surface area contributed by atoms with Gasteiger partial charge >= 0.3 is 0 Å². The first-order valence-corrected chi connectivity index (χ1v) is 10.2. The maximum Gasteiger partial charge on any atom is 0.260 e. The summed E-state index contributed by atoms with van der Waals surface area (Å²) in [6.07, 6.45) is 3.84. The third-order valence-corrected chi connectivity index (χ3v) is 5.66. The Labute approximate surface area is 163 Å². The molecule has 3 heterocycles. The Morgan fingerprint density at radius 1 is 1.37 bits per heavy atom. The molecule has 27 heavy (non-hydrogen) atoms. The number of hydrogen-bond donors (Lipinski definition) is 2. The van der Waals surface area contributed by atoms with Crippen LogP contribution in [0.5, 0.6) is 0 Å². The van der Waals surface area contributed by atoms with Crippen molar-refractivity contribution in [1.82, 2.24) is 15.2 Å². The van der Waals surface area contributed by atoms with Crippen molar-refractivity contribution in [1.29, 1.82) is 0 Å². The van der Waals surface area contributed by atoms with Crippen molar-refractivity contribution in [2.45, 2.75) is 33.1 Å². The molecule has 2 aromatic heterocycles. The van der Waals surface area contributed by atoms with Crippen molar-refractivity contribution in [3.63, 3.8) is 0 Å². The van der Waals surface area contributed by atoms with E-state index < -0.39 is 0 Å². The van der Waals surface area contributed by atoms with Gasteiger partial charge in [0.05, 0.1) is 23.9 Å². The highest BCUT2D eigenvalue weighted by Gasteiger charge is 2.23. The number of rotatable bonds is 7. The van der Waals surface area contributed by atoms with E-state index in [2.05, 4.69) is 22.5 Å². The van der Waals surface area contributed by atoms with Crippen molar-refractivity contribution >= 4 is 28.3 Å². The molecule has 3 rings (SSSR count). The fourth-order valence-electron chi connectivity index (χ4n) is 3.23. The second kappa shape index (κ2) is 9.14. The van der Waals surface area contributed by atoms with Gasteiger partial charge in [-0.1, -0.05) is 6.92 Å². The Hall–Kier alpha value is -2.19. The van der Waals surface area contributed by atoms with Gasteiger partial charge in [-0.05, 0) is 44.8 Å². The second-order valence-corrected chi connectivity index (χ2v) is 7.66. The number of furan rings is 1. The molecule has 1 saturated heterocycles. The number of anilines is 1. The lowest BCUT2D eigenvalue weighted by Crippen LogP contribution is -2.41. The van der Waals surface area contributed by atoms with Gasteiger partial charge < -0.3 is 14.6 Å². The third kappa shape index (κ3) is 5.17. The molecule has 0 bridgehead atoms. The molecule has 0 atom stereocenters. The zero-order valence-corrected chi connectivity index (χ0v) is 16.6. The molecular weight excluding hydrogens is 364 g/mol. The number of aryl methyl sites for hydroxylation is 1. The van der Waals surface area contributed by atoms with Crippen LogP contribution < -0.4 is 10.6 Å². The number of hydrogen-bond acceptors (Lipinski definition) is 6. The quantitative estimate of drug-likeness (QED) is 0.759. The molecule has 8 heteroatoms. The average Bonchev–Trinajstić information content (AvgIpc) is 3.29. The standard InChI is InChI=1S/C19H26N4O3S/c1-3-20-11-14-4-7-23(8-5-14)17(24)10-15-12-27-19(21-15)22-18(25)16-6-9-26-13(16)2/h6,9,12,14,20H,3-5,7-8,10-11H2,1-2H3,(H,21,22,25). The summed E-state index contributed by atoms with van der Waals surface area (Å²) in [4.78, 5) is 31.0. The van der Waals surface area contributed by atoms with E-state index in [1.54, 1.807) is 13.0 Å². The van der Waals surface area contributed by atoms with Crippen LogP contribution in [0.3, 0.4) is 0 Å². The van der Waals surface area contributed by atoms with Crippen LogP contribution in [-0.4, -0.2) is 47.9 Å². The van der Waals surface area contributed by atoms with Gasteiger partial charge in [0.15, 0.2) is 5.13 Å². The first kappa shape index (κ1) is 19.6. The number of carbonyl (C=O) groups excluding carboxylic acids is 2. The van der Waals surface area contributed by atoms with Crippen molar-refractivity contribution in [3.8, 4) is 0 Å². The SMILES string of the molecule is CCNCC1CCN(C(=O)Cc2csc(NC(=O)c3ccoc3C)n2)CC1. The van der Waals surface area contributed by atoms with Gasteiger partial charge in [-0.2, -0.15) is 0 Å². The Balaban J connectivity index is 1.48. The van der Waals surface area contributed by atoms with Crippen molar-refractivity contribution in [2.75, 3.05) is 31.5 Å². The number of amides is 2. The lowest BCUT2D eigenvalue weighted by molar-refractivity contribution is -0.131. The van der Waals surface area contributed by atoms with Crippen LogP contribution in [0.1, 0.15) is 41.6 Å². The number of aromatic nitrogens is 1. The highest BCUT2D eigenvalue weighted by atomic mass is 32.1. The number of nitrogens with zero attached hydrogens (tertiary/aromatic N) is 2. The lowest BCUT2D eigenvalue weighted by atomic mass is 9.96. The normalized spacial score (nSPS) is 15.1. The van der Waals surface area contributed by atoms with E-state index in [0.29, 0.717) is 28.1 Å². The van der Waals surface area contributed by atoms with Gasteiger partial charge in [0.25, 0.3) is 5.91 Å². The van der Waals surface area contributed by atoms with Gasteiger partial charge in [0, 0.05) is 18.5 Å². The Morgan fingerprint density at radius 3 is 2.81 bits per heavy atom. The maximum atomic E-state index is 12.5. The van der Waals surface area contributed by atoms with Crippen molar-refractivity contribution in [2.24, 2.45) is 5.92 Å². The molecule has 0 spiro atoms. The Bertz CT molecular complexity index is 778. The summed E-state index contributed by atoms with van der Waals surface area (Å²) in [6.45, 7) is 7.48. The number of piperidine rings is 1. The minimum absolute atomic E-state index is 0.103. The fraction of sp³-hybridized carbons (Fsp3) is 0.526. The molecule has 2 N–H and O–H groups in total. The molecule has 0 aliphatic carbocycles.